The molecule has 0 aromatic heterocycles. The molecule has 1 rings (SSSR count). The van der Waals surface area contributed by atoms with E-state index in [0.717, 1.165) is 32.4 Å². The van der Waals surface area contributed by atoms with Crippen LogP contribution in [0.3, 0.4) is 0 Å². The molecule has 100 valence electrons. The average molecular weight is 241 g/mol. The number of unbranched alkanes of at least 4 members (excludes halogenated alkanes) is 1. The zero-order chi connectivity index (χ0) is 12.5. The highest BCUT2D eigenvalue weighted by atomic mass is 16.6. The van der Waals surface area contributed by atoms with Gasteiger partial charge in [-0.25, -0.2) is 4.79 Å². The van der Waals surface area contributed by atoms with Gasteiger partial charge < -0.3 is 9.64 Å². The molecule has 3 heteroatoms. The lowest BCUT2D eigenvalue weighted by atomic mass is 10.0. The van der Waals surface area contributed by atoms with Crippen molar-refractivity contribution in [2.75, 3.05) is 19.7 Å². The van der Waals surface area contributed by atoms with E-state index < -0.39 is 0 Å². The molecule has 0 bridgehead atoms. The van der Waals surface area contributed by atoms with Gasteiger partial charge >= 0.3 is 6.09 Å². The van der Waals surface area contributed by atoms with Gasteiger partial charge in [-0.15, -0.1) is 0 Å². The zero-order valence-corrected chi connectivity index (χ0v) is 11.4. The fraction of sp³-hybridized carbons (Fsp3) is 0.929. The molecule has 0 radical (unpaired) electrons. The van der Waals surface area contributed by atoms with Crippen LogP contribution in [0.25, 0.3) is 0 Å². The van der Waals surface area contributed by atoms with Crippen LogP contribution in [0.1, 0.15) is 58.8 Å². The second-order valence-corrected chi connectivity index (χ2v) is 5.04. The van der Waals surface area contributed by atoms with Crippen LogP contribution in [-0.2, 0) is 4.74 Å². The summed E-state index contributed by atoms with van der Waals surface area (Å²) in [6.45, 7) is 6.74. The van der Waals surface area contributed by atoms with Gasteiger partial charge in [0.05, 0.1) is 6.61 Å². The van der Waals surface area contributed by atoms with Crippen molar-refractivity contribution in [3.8, 4) is 0 Å². The Kier molecular flexibility index (Phi) is 7.06. The predicted octanol–water partition coefficient (Wildman–Crippen LogP) is 3.83. The molecule has 1 amide bonds. The Morgan fingerprint density at radius 1 is 1.24 bits per heavy atom. The average Bonchev–Trinajstić information content (AvgIpc) is 2.39. The van der Waals surface area contributed by atoms with Crippen LogP contribution in [0.4, 0.5) is 4.79 Å². The normalized spacial score (nSPS) is 17.9. The molecule has 17 heavy (non-hydrogen) atoms. The Balaban J connectivity index is 2.20. The van der Waals surface area contributed by atoms with Crippen molar-refractivity contribution in [3.05, 3.63) is 0 Å². The number of carbonyl (C=O) groups is 1. The van der Waals surface area contributed by atoms with Crippen molar-refractivity contribution in [3.63, 3.8) is 0 Å². The van der Waals surface area contributed by atoms with Crippen LogP contribution in [0.15, 0.2) is 0 Å². The Labute approximate surface area is 106 Å². The summed E-state index contributed by atoms with van der Waals surface area (Å²) in [7, 11) is 0. The maximum absolute atomic E-state index is 11.8. The lowest BCUT2D eigenvalue weighted by Crippen LogP contribution is -2.36. The van der Waals surface area contributed by atoms with Crippen molar-refractivity contribution >= 4 is 6.09 Å². The van der Waals surface area contributed by atoms with Gasteiger partial charge in [-0.3, -0.25) is 0 Å². The van der Waals surface area contributed by atoms with Crippen LogP contribution in [-0.4, -0.2) is 30.7 Å². The molecule has 1 atom stereocenters. The molecule has 0 N–H and O–H groups in total. The summed E-state index contributed by atoms with van der Waals surface area (Å²) in [5.74, 6) is 0.545. The van der Waals surface area contributed by atoms with Crippen molar-refractivity contribution in [2.45, 2.75) is 58.8 Å². The van der Waals surface area contributed by atoms with Crippen molar-refractivity contribution < 1.29 is 9.53 Å². The summed E-state index contributed by atoms with van der Waals surface area (Å²) < 4.78 is 5.42. The summed E-state index contributed by atoms with van der Waals surface area (Å²) in [4.78, 5) is 13.7. The van der Waals surface area contributed by atoms with Gasteiger partial charge in [0.2, 0.25) is 0 Å². The summed E-state index contributed by atoms with van der Waals surface area (Å²) >= 11 is 0. The molecule has 1 heterocycles. The summed E-state index contributed by atoms with van der Waals surface area (Å²) in [6.07, 6.45) is 8.14. The number of hydrogen-bond donors (Lipinski definition) is 0. The summed E-state index contributed by atoms with van der Waals surface area (Å²) in [6, 6.07) is 0. The highest BCUT2D eigenvalue weighted by Gasteiger charge is 2.18. The number of amides is 1. The van der Waals surface area contributed by atoms with E-state index in [1.165, 1.54) is 25.7 Å². The van der Waals surface area contributed by atoms with E-state index in [-0.39, 0.29) is 6.09 Å². The lowest BCUT2D eigenvalue weighted by Gasteiger charge is -2.26. The molecule has 1 aliphatic rings. The first kappa shape index (κ1) is 14.3. The Morgan fingerprint density at radius 3 is 2.53 bits per heavy atom. The SMILES string of the molecule is CCCCC(CC)COC(=O)N1CCCCC1. The van der Waals surface area contributed by atoms with E-state index in [1.807, 2.05) is 4.90 Å². The van der Waals surface area contributed by atoms with Gasteiger partial charge in [0.1, 0.15) is 0 Å². The topological polar surface area (TPSA) is 29.5 Å². The molecule has 0 aromatic carbocycles. The molecular weight excluding hydrogens is 214 g/mol. The molecule has 0 aliphatic carbocycles. The van der Waals surface area contributed by atoms with E-state index in [0.29, 0.717) is 12.5 Å². The molecule has 1 aliphatic heterocycles. The van der Waals surface area contributed by atoms with E-state index in [1.54, 1.807) is 0 Å². The second kappa shape index (κ2) is 8.37. The summed E-state index contributed by atoms with van der Waals surface area (Å²) in [5, 5.41) is 0. The highest BCUT2D eigenvalue weighted by Crippen LogP contribution is 2.15. The molecule has 1 saturated heterocycles. The molecule has 1 unspecified atom stereocenters. The molecule has 0 saturated carbocycles. The summed E-state index contributed by atoms with van der Waals surface area (Å²) in [5.41, 5.74) is 0. The first-order chi connectivity index (χ1) is 8.27. The Bertz CT molecular complexity index is 212. The van der Waals surface area contributed by atoms with Gasteiger partial charge in [-0.2, -0.15) is 0 Å². The van der Waals surface area contributed by atoms with Gasteiger partial charge in [-0.05, 0) is 31.6 Å². The smallest absolute Gasteiger partial charge is 0.409 e. The maximum Gasteiger partial charge on any atom is 0.409 e. The number of piperidine rings is 1. The fourth-order valence-corrected chi connectivity index (χ4v) is 2.26. The van der Waals surface area contributed by atoms with Crippen LogP contribution < -0.4 is 0 Å². The van der Waals surface area contributed by atoms with Gasteiger partial charge in [0.15, 0.2) is 0 Å². The maximum atomic E-state index is 11.8. The largest absolute Gasteiger partial charge is 0.449 e. The van der Waals surface area contributed by atoms with Crippen molar-refractivity contribution in [2.24, 2.45) is 5.92 Å². The minimum atomic E-state index is -0.0975. The Hall–Kier alpha value is -0.730. The van der Waals surface area contributed by atoms with Crippen molar-refractivity contribution in [1.29, 1.82) is 0 Å². The molecule has 1 fully saturated rings. The van der Waals surface area contributed by atoms with Gasteiger partial charge in [0.25, 0.3) is 0 Å². The third-order valence-corrected chi connectivity index (χ3v) is 3.60. The van der Waals surface area contributed by atoms with Crippen LogP contribution in [0, 0.1) is 5.92 Å². The molecular formula is C14H27NO2. The van der Waals surface area contributed by atoms with Crippen LogP contribution in [0.2, 0.25) is 0 Å². The fourth-order valence-electron chi connectivity index (χ4n) is 2.26. The third kappa shape index (κ3) is 5.42. The number of ether oxygens (including phenoxy) is 1. The number of carbonyl (C=O) groups excluding carboxylic acids is 1. The van der Waals surface area contributed by atoms with E-state index in [2.05, 4.69) is 13.8 Å². The molecule has 0 aromatic rings. The molecule has 0 spiro atoms. The standard InChI is InChI=1S/C14H27NO2/c1-3-5-9-13(4-2)12-17-14(16)15-10-7-6-8-11-15/h13H,3-12H2,1-2H3. The van der Waals surface area contributed by atoms with Gasteiger partial charge in [0, 0.05) is 13.1 Å². The van der Waals surface area contributed by atoms with Crippen LogP contribution >= 0.6 is 0 Å². The van der Waals surface area contributed by atoms with Gasteiger partial charge in [-0.1, -0.05) is 33.1 Å². The number of nitrogens with zero attached hydrogens (tertiary/aromatic N) is 1. The number of rotatable bonds is 6. The first-order valence-corrected chi connectivity index (χ1v) is 7.19. The van der Waals surface area contributed by atoms with E-state index >= 15 is 0 Å². The monoisotopic (exact) mass is 241 g/mol. The zero-order valence-electron chi connectivity index (χ0n) is 11.4. The van der Waals surface area contributed by atoms with Crippen LogP contribution in [0.5, 0.6) is 0 Å². The number of hydrogen-bond acceptors (Lipinski definition) is 2. The predicted molar refractivity (Wildman–Crippen MR) is 70.1 cm³/mol. The Morgan fingerprint density at radius 2 is 1.94 bits per heavy atom. The first-order valence-electron chi connectivity index (χ1n) is 7.19. The highest BCUT2D eigenvalue weighted by molar-refractivity contribution is 5.67. The van der Waals surface area contributed by atoms with E-state index in [9.17, 15) is 4.79 Å². The van der Waals surface area contributed by atoms with Crippen molar-refractivity contribution in [1.82, 2.24) is 4.90 Å². The third-order valence-electron chi connectivity index (χ3n) is 3.60. The van der Waals surface area contributed by atoms with E-state index in [4.69, 9.17) is 4.74 Å². The second-order valence-electron chi connectivity index (χ2n) is 5.04. The quantitative estimate of drug-likeness (QED) is 0.707. The minimum absolute atomic E-state index is 0.0975. The lowest BCUT2D eigenvalue weighted by molar-refractivity contribution is 0.0789. The minimum Gasteiger partial charge on any atom is -0.449 e. The molecule has 3 nitrogen and oxygen atoms in total. The number of likely N-dealkylation sites (tertiary alicyclic amines) is 1.